The van der Waals surface area contributed by atoms with E-state index in [1.54, 1.807) is 23.4 Å². The Morgan fingerprint density at radius 3 is 2.31 bits per heavy atom. The number of hydrogen-bond acceptors (Lipinski definition) is 6. The molecular weight excluding hydrogens is 460 g/mol. The van der Waals surface area contributed by atoms with E-state index in [0.717, 1.165) is 36.1 Å². The van der Waals surface area contributed by atoms with E-state index in [2.05, 4.69) is 17.1 Å². The Morgan fingerprint density at radius 1 is 1.00 bits per heavy atom. The van der Waals surface area contributed by atoms with Crippen molar-refractivity contribution < 1.29 is 19.0 Å². The van der Waals surface area contributed by atoms with Crippen molar-refractivity contribution in [2.45, 2.75) is 38.9 Å². The van der Waals surface area contributed by atoms with Crippen LogP contribution in [0.15, 0.2) is 47.3 Å². The highest BCUT2D eigenvalue weighted by molar-refractivity contribution is 5.78. The minimum atomic E-state index is -0.0899. The van der Waals surface area contributed by atoms with Crippen LogP contribution < -0.4 is 20.5 Å². The molecule has 0 saturated carbocycles. The number of hydrogen-bond donors (Lipinski definition) is 1. The molecule has 9 heteroatoms. The fraction of sp³-hybridized carbons (Fsp3) is 0.481. The molecule has 0 aliphatic carbocycles. The molecule has 1 aromatic heterocycles. The lowest BCUT2D eigenvalue weighted by atomic mass is 10.0. The van der Waals surface area contributed by atoms with Gasteiger partial charge < -0.3 is 19.5 Å². The normalized spacial score (nSPS) is 15.1. The maximum absolute atomic E-state index is 13.0. The molecule has 1 N–H and O–H groups in total. The van der Waals surface area contributed by atoms with Gasteiger partial charge in [-0.15, -0.1) is 0 Å². The molecule has 1 atom stereocenters. The molecule has 36 heavy (non-hydrogen) atoms. The molecule has 0 spiro atoms. The average Bonchev–Trinajstić information content (AvgIpc) is 3.18. The van der Waals surface area contributed by atoms with Gasteiger partial charge in [0.25, 0.3) is 0 Å². The van der Waals surface area contributed by atoms with Crippen LogP contribution >= 0.6 is 0 Å². The number of methoxy groups -OCH3 is 2. The first-order valence-corrected chi connectivity index (χ1v) is 12.6. The molecule has 9 nitrogen and oxygen atoms in total. The number of para-hydroxylation sites is 2. The van der Waals surface area contributed by atoms with Crippen LogP contribution in [-0.2, 0) is 22.6 Å². The number of imidazole rings is 1. The maximum Gasteiger partial charge on any atom is 0.329 e. The molecule has 2 heterocycles. The van der Waals surface area contributed by atoms with Gasteiger partial charge in [-0.25, -0.2) is 4.79 Å². The molecule has 1 unspecified atom stereocenters. The molecule has 1 saturated heterocycles. The Kier molecular flexibility index (Phi) is 8.66. The number of morpholine rings is 1. The second-order valence-electron chi connectivity index (χ2n) is 8.91. The van der Waals surface area contributed by atoms with Crippen LogP contribution in [0.4, 0.5) is 0 Å². The Labute approximate surface area is 211 Å². The Bertz CT molecular complexity index is 1230. The van der Waals surface area contributed by atoms with Crippen molar-refractivity contribution in [3.05, 3.63) is 58.5 Å². The lowest BCUT2D eigenvalue weighted by molar-refractivity contribution is -0.121. The largest absolute Gasteiger partial charge is 0.493 e. The van der Waals surface area contributed by atoms with E-state index in [1.807, 2.05) is 42.5 Å². The molecule has 0 radical (unpaired) electrons. The molecule has 1 amide bonds. The van der Waals surface area contributed by atoms with Gasteiger partial charge in [-0.05, 0) is 36.2 Å². The predicted octanol–water partition coefficient (Wildman–Crippen LogP) is 2.81. The van der Waals surface area contributed by atoms with Crippen molar-refractivity contribution in [3.63, 3.8) is 0 Å². The van der Waals surface area contributed by atoms with Gasteiger partial charge in [0.15, 0.2) is 11.5 Å². The fourth-order valence-electron chi connectivity index (χ4n) is 4.85. The van der Waals surface area contributed by atoms with Crippen molar-refractivity contribution in [1.29, 1.82) is 0 Å². The summed E-state index contributed by atoms with van der Waals surface area (Å²) in [7, 11) is 3.23. The molecule has 2 aromatic carbocycles. The Balaban J connectivity index is 1.47. The minimum Gasteiger partial charge on any atom is -0.493 e. The Hall–Kier alpha value is -3.30. The number of benzene rings is 2. The highest BCUT2D eigenvalue weighted by Crippen LogP contribution is 2.32. The summed E-state index contributed by atoms with van der Waals surface area (Å²) >= 11 is 0. The third-order valence-corrected chi connectivity index (χ3v) is 6.71. The number of ether oxygens (including phenoxy) is 3. The van der Waals surface area contributed by atoms with Gasteiger partial charge in [0.05, 0.1) is 44.5 Å². The van der Waals surface area contributed by atoms with Crippen molar-refractivity contribution in [2.75, 3.05) is 47.1 Å². The SMILES string of the molecule is CCCn1c(=O)n(CCC(=O)NCC(c2ccc(OC)c(OC)c2)N2CCOCC2)c2ccccc21. The third kappa shape index (κ3) is 5.57. The number of fused-ring (bicyclic) bond motifs is 1. The zero-order chi connectivity index (χ0) is 25.5. The van der Waals surface area contributed by atoms with Gasteiger partial charge in [-0.3, -0.25) is 18.8 Å². The predicted molar refractivity (Wildman–Crippen MR) is 139 cm³/mol. The lowest BCUT2D eigenvalue weighted by Crippen LogP contribution is -2.44. The van der Waals surface area contributed by atoms with Gasteiger partial charge in [0.1, 0.15) is 0 Å². The van der Waals surface area contributed by atoms with Gasteiger partial charge in [-0.2, -0.15) is 0 Å². The van der Waals surface area contributed by atoms with Crippen LogP contribution in [0.3, 0.4) is 0 Å². The van der Waals surface area contributed by atoms with Crippen LogP contribution in [-0.4, -0.2) is 67.0 Å². The number of carbonyl (C=O) groups excluding carboxylic acids is 1. The van der Waals surface area contributed by atoms with Gasteiger partial charge in [-0.1, -0.05) is 25.1 Å². The van der Waals surface area contributed by atoms with Crippen molar-refractivity contribution in [3.8, 4) is 11.5 Å². The van der Waals surface area contributed by atoms with Crippen LogP contribution in [0.1, 0.15) is 31.4 Å². The summed E-state index contributed by atoms with van der Waals surface area (Å²) in [6.45, 7) is 6.36. The number of nitrogens with one attached hydrogen (secondary N) is 1. The summed E-state index contributed by atoms with van der Waals surface area (Å²) in [4.78, 5) is 28.2. The van der Waals surface area contributed by atoms with Crippen molar-refractivity contribution in [1.82, 2.24) is 19.4 Å². The molecule has 4 rings (SSSR count). The van der Waals surface area contributed by atoms with E-state index in [1.165, 1.54) is 0 Å². The van der Waals surface area contributed by atoms with E-state index in [-0.39, 0.29) is 24.1 Å². The highest BCUT2D eigenvalue weighted by Gasteiger charge is 2.24. The Morgan fingerprint density at radius 2 is 1.67 bits per heavy atom. The van der Waals surface area contributed by atoms with Gasteiger partial charge in [0, 0.05) is 39.1 Å². The van der Waals surface area contributed by atoms with E-state index in [0.29, 0.717) is 44.3 Å². The van der Waals surface area contributed by atoms with Gasteiger partial charge in [0.2, 0.25) is 5.91 Å². The first kappa shape index (κ1) is 25.8. The van der Waals surface area contributed by atoms with E-state index < -0.39 is 0 Å². The van der Waals surface area contributed by atoms with Crippen LogP contribution in [0, 0.1) is 0 Å². The highest BCUT2D eigenvalue weighted by atomic mass is 16.5. The lowest BCUT2D eigenvalue weighted by Gasteiger charge is -2.35. The minimum absolute atomic E-state index is 0.0353. The molecule has 3 aromatic rings. The van der Waals surface area contributed by atoms with Crippen molar-refractivity contribution >= 4 is 16.9 Å². The van der Waals surface area contributed by atoms with Crippen LogP contribution in [0.5, 0.6) is 11.5 Å². The summed E-state index contributed by atoms with van der Waals surface area (Å²) in [6, 6.07) is 13.6. The molecule has 1 aliphatic heterocycles. The summed E-state index contributed by atoms with van der Waals surface area (Å²) in [5.74, 6) is 1.23. The second-order valence-corrected chi connectivity index (χ2v) is 8.91. The molecule has 1 aliphatic rings. The first-order chi connectivity index (χ1) is 17.6. The zero-order valence-electron chi connectivity index (χ0n) is 21.4. The number of carbonyl (C=O) groups is 1. The number of aryl methyl sites for hydroxylation is 2. The maximum atomic E-state index is 13.0. The molecular formula is C27H36N4O5. The molecule has 194 valence electrons. The van der Waals surface area contributed by atoms with Crippen molar-refractivity contribution in [2.24, 2.45) is 0 Å². The average molecular weight is 497 g/mol. The monoisotopic (exact) mass is 496 g/mol. The smallest absolute Gasteiger partial charge is 0.329 e. The first-order valence-electron chi connectivity index (χ1n) is 12.6. The molecule has 1 fully saturated rings. The third-order valence-electron chi connectivity index (χ3n) is 6.71. The number of aromatic nitrogens is 2. The summed E-state index contributed by atoms with van der Waals surface area (Å²) in [5, 5.41) is 3.10. The standard InChI is InChI=1S/C27H36N4O5/c1-4-12-30-21-7-5-6-8-22(21)31(27(30)33)13-11-26(32)28-19-23(29-14-16-36-17-15-29)20-9-10-24(34-2)25(18-20)35-3/h5-10,18,23H,4,11-17,19H2,1-3H3,(H,28,32). The van der Waals surface area contributed by atoms with E-state index >= 15 is 0 Å². The summed E-state index contributed by atoms with van der Waals surface area (Å²) in [5.41, 5.74) is 2.74. The van der Waals surface area contributed by atoms with Gasteiger partial charge >= 0.3 is 5.69 Å². The van der Waals surface area contributed by atoms with Crippen LogP contribution in [0.2, 0.25) is 0 Å². The number of nitrogens with zero attached hydrogens (tertiary/aromatic N) is 3. The topological polar surface area (TPSA) is 87.0 Å². The fourth-order valence-corrected chi connectivity index (χ4v) is 4.85. The second kappa shape index (κ2) is 12.1. The van der Waals surface area contributed by atoms with E-state index in [9.17, 15) is 9.59 Å². The summed E-state index contributed by atoms with van der Waals surface area (Å²) < 4.78 is 19.9. The molecule has 0 bridgehead atoms. The van der Waals surface area contributed by atoms with Crippen LogP contribution in [0.25, 0.3) is 11.0 Å². The zero-order valence-corrected chi connectivity index (χ0v) is 21.4. The number of rotatable bonds is 11. The summed E-state index contributed by atoms with van der Waals surface area (Å²) in [6.07, 6.45) is 1.09. The quantitative estimate of drug-likeness (QED) is 0.439. The number of amides is 1. The van der Waals surface area contributed by atoms with E-state index in [4.69, 9.17) is 14.2 Å².